The number of aryl methyl sites for hydroxylation is 2. The molecule has 0 unspecified atom stereocenters. The molecule has 1 aliphatic rings. The number of nitrogens with zero attached hydrogens (tertiary/aromatic N) is 5. The number of likely N-dealkylation sites (tertiary alicyclic amines) is 1. The molecule has 0 spiro atoms. The van der Waals surface area contributed by atoms with E-state index in [1.54, 1.807) is 10.6 Å². The monoisotopic (exact) mass is 439 g/mol. The molecule has 162 valence electrons. The van der Waals surface area contributed by atoms with E-state index in [0.717, 1.165) is 71.7 Å². The fourth-order valence-electron chi connectivity index (χ4n) is 4.51. The first-order valence-electron chi connectivity index (χ1n) is 10.7. The van der Waals surface area contributed by atoms with Gasteiger partial charge in [-0.2, -0.15) is 5.10 Å². The van der Waals surface area contributed by atoms with E-state index in [1.165, 1.54) is 0 Å². The first-order chi connectivity index (χ1) is 14.5. The van der Waals surface area contributed by atoms with Gasteiger partial charge in [0.25, 0.3) is 0 Å². The molecular weight excluding hydrogens is 413 g/mol. The lowest BCUT2D eigenvalue weighted by Gasteiger charge is -2.30. The van der Waals surface area contributed by atoms with E-state index in [4.69, 9.17) is 4.98 Å². The number of aromatic nitrogens is 4. The van der Waals surface area contributed by atoms with Gasteiger partial charge >= 0.3 is 0 Å². The van der Waals surface area contributed by atoms with Crippen LogP contribution in [0, 0.1) is 19.7 Å². The van der Waals surface area contributed by atoms with Crippen molar-refractivity contribution in [3.8, 4) is 11.3 Å². The van der Waals surface area contributed by atoms with Crippen LogP contribution < -0.4 is 0 Å². The topological polar surface area (TPSA) is 46.3 Å². The maximum Gasteiger partial charge on any atom is 0.156 e. The van der Waals surface area contributed by atoms with Crippen LogP contribution in [0.2, 0.25) is 0 Å². The number of benzene rings is 1. The third-order valence-corrected chi connectivity index (χ3v) is 6.25. The van der Waals surface area contributed by atoms with E-state index in [9.17, 15) is 0 Å². The Labute approximate surface area is 187 Å². The number of hydrogen-bond donors (Lipinski definition) is 0. The second-order valence-electron chi connectivity index (χ2n) is 8.34. The third-order valence-electron chi connectivity index (χ3n) is 6.25. The average Bonchev–Trinajstić information content (AvgIpc) is 3.14. The molecule has 0 aliphatic carbocycles. The fourth-order valence-corrected chi connectivity index (χ4v) is 4.51. The highest BCUT2D eigenvalue weighted by molar-refractivity contribution is 5.85. The highest BCUT2D eigenvalue weighted by Gasteiger charge is 2.21. The second kappa shape index (κ2) is 8.52. The highest BCUT2D eigenvalue weighted by Crippen LogP contribution is 2.31. The molecule has 1 aromatic carbocycles. The van der Waals surface area contributed by atoms with Crippen LogP contribution >= 0.6 is 12.4 Å². The molecule has 4 heterocycles. The lowest BCUT2D eigenvalue weighted by atomic mass is 9.92. The van der Waals surface area contributed by atoms with Gasteiger partial charge in [-0.05, 0) is 76.2 Å². The third kappa shape index (κ3) is 4.02. The van der Waals surface area contributed by atoms with Crippen molar-refractivity contribution in [2.45, 2.75) is 39.5 Å². The van der Waals surface area contributed by atoms with Crippen LogP contribution in [0.5, 0.6) is 0 Å². The normalized spacial score (nSPS) is 15.5. The maximum absolute atomic E-state index is 15.1. The summed E-state index contributed by atoms with van der Waals surface area (Å²) in [4.78, 5) is 11.7. The zero-order valence-corrected chi connectivity index (χ0v) is 18.9. The lowest BCUT2D eigenvalue weighted by Crippen LogP contribution is -2.32. The van der Waals surface area contributed by atoms with Crippen molar-refractivity contribution < 1.29 is 4.39 Å². The van der Waals surface area contributed by atoms with Gasteiger partial charge in [0, 0.05) is 22.6 Å². The number of hydrogen-bond acceptors (Lipinski definition) is 4. The molecule has 3 aromatic heterocycles. The van der Waals surface area contributed by atoms with Crippen molar-refractivity contribution in [1.29, 1.82) is 0 Å². The largest absolute Gasteiger partial charge is 0.304 e. The molecule has 5 rings (SSSR count). The first-order valence-corrected chi connectivity index (χ1v) is 10.7. The van der Waals surface area contributed by atoms with E-state index in [0.29, 0.717) is 11.4 Å². The van der Waals surface area contributed by atoms with Gasteiger partial charge in [0.05, 0.1) is 17.6 Å². The summed E-state index contributed by atoms with van der Waals surface area (Å²) in [5, 5.41) is 5.45. The van der Waals surface area contributed by atoms with Crippen molar-refractivity contribution in [2.24, 2.45) is 0 Å². The standard InChI is InChI=1S/C24H26FN5.ClH/c1-4-29-9-7-17(8-10-29)21-6-5-18-12-19(13-20(25)23(18)27-21)22-11-15(2)24-26-16(3)14-30(24)28-22;/h5-6,11-14,17H,4,7-10H2,1-3H3;1H. The number of fused-ring (bicyclic) bond motifs is 2. The van der Waals surface area contributed by atoms with E-state index in [1.807, 2.05) is 38.2 Å². The fraction of sp³-hybridized carbons (Fsp3) is 0.375. The van der Waals surface area contributed by atoms with Gasteiger partial charge in [0.1, 0.15) is 11.3 Å². The molecule has 1 aliphatic heterocycles. The molecule has 1 saturated heterocycles. The number of piperidine rings is 1. The molecule has 0 atom stereocenters. The second-order valence-corrected chi connectivity index (χ2v) is 8.34. The van der Waals surface area contributed by atoms with Gasteiger partial charge in [0.15, 0.2) is 5.65 Å². The van der Waals surface area contributed by atoms with Crippen LogP contribution in [0.1, 0.15) is 42.6 Å². The van der Waals surface area contributed by atoms with Gasteiger partial charge in [-0.25, -0.2) is 18.9 Å². The number of pyridine rings is 1. The minimum atomic E-state index is -0.295. The Morgan fingerprint density at radius 3 is 2.58 bits per heavy atom. The SMILES string of the molecule is CCN1CCC(c2ccc3cc(-c4cc(C)c5nc(C)cn5n4)cc(F)c3n2)CC1.Cl. The van der Waals surface area contributed by atoms with E-state index >= 15 is 4.39 Å². The predicted molar refractivity (Wildman–Crippen MR) is 124 cm³/mol. The van der Waals surface area contributed by atoms with Gasteiger partial charge < -0.3 is 4.90 Å². The Balaban J connectivity index is 0.00000231. The van der Waals surface area contributed by atoms with Gasteiger partial charge in [-0.3, -0.25) is 0 Å². The Morgan fingerprint density at radius 1 is 1.06 bits per heavy atom. The Hall–Kier alpha value is -2.57. The van der Waals surface area contributed by atoms with Gasteiger partial charge in [0.2, 0.25) is 0 Å². The predicted octanol–water partition coefficient (Wildman–Crippen LogP) is 5.32. The number of imidazole rings is 1. The van der Waals surface area contributed by atoms with Crippen molar-refractivity contribution in [3.63, 3.8) is 0 Å². The summed E-state index contributed by atoms with van der Waals surface area (Å²) in [6.45, 7) is 9.41. The molecule has 0 radical (unpaired) electrons. The van der Waals surface area contributed by atoms with Crippen molar-refractivity contribution >= 4 is 29.0 Å². The van der Waals surface area contributed by atoms with Crippen LogP contribution in [0.4, 0.5) is 4.39 Å². The summed E-state index contributed by atoms with van der Waals surface area (Å²) in [7, 11) is 0. The Kier molecular flexibility index (Phi) is 5.95. The molecule has 1 fully saturated rings. The maximum atomic E-state index is 15.1. The van der Waals surface area contributed by atoms with Gasteiger partial charge in [-0.1, -0.05) is 13.0 Å². The quantitative estimate of drug-likeness (QED) is 0.433. The summed E-state index contributed by atoms with van der Waals surface area (Å²) in [5.74, 6) is 0.115. The summed E-state index contributed by atoms with van der Waals surface area (Å²) in [5.41, 5.74) is 5.70. The molecule has 5 nitrogen and oxygen atoms in total. The van der Waals surface area contributed by atoms with Crippen LogP contribution in [-0.2, 0) is 0 Å². The summed E-state index contributed by atoms with van der Waals surface area (Å²) < 4.78 is 16.9. The highest BCUT2D eigenvalue weighted by atomic mass is 35.5. The molecule has 0 bridgehead atoms. The van der Waals surface area contributed by atoms with Crippen molar-refractivity contribution in [2.75, 3.05) is 19.6 Å². The zero-order valence-electron chi connectivity index (χ0n) is 18.1. The molecule has 0 saturated carbocycles. The molecule has 7 heteroatoms. The Morgan fingerprint density at radius 2 is 1.84 bits per heavy atom. The summed E-state index contributed by atoms with van der Waals surface area (Å²) >= 11 is 0. The average molecular weight is 440 g/mol. The lowest BCUT2D eigenvalue weighted by molar-refractivity contribution is 0.221. The minimum Gasteiger partial charge on any atom is -0.304 e. The molecule has 0 amide bonds. The minimum absolute atomic E-state index is 0. The van der Waals surface area contributed by atoms with Crippen LogP contribution in [-0.4, -0.2) is 44.1 Å². The van der Waals surface area contributed by atoms with Crippen LogP contribution in [0.3, 0.4) is 0 Å². The van der Waals surface area contributed by atoms with E-state index in [2.05, 4.69) is 28.0 Å². The molecule has 31 heavy (non-hydrogen) atoms. The molecular formula is C24H27ClFN5. The van der Waals surface area contributed by atoms with E-state index in [-0.39, 0.29) is 18.2 Å². The summed E-state index contributed by atoms with van der Waals surface area (Å²) in [6.07, 6.45) is 4.06. The van der Waals surface area contributed by atoms with Gasteiger partial charge in [-0.15, -0.1) is 12.4 Å². The van der Waals surface area contributed by atoms with Crippen molar-refractivity contribution in [3.05, 3.63) is 59.3 Å². The van der Waals surface area contributed by atoms with Crippen LogP contribution in [0.25, 0.3) is 27.8 Å². The molecule has 0 N–H and O–H groups in total. The number of halogens is 2. The molecule has 4 aromatic rings. The Bertz CT molecular complexity index is 1240. The van der Waals surface area contributed by atoms with Crippen LogP contribution in [0.15, 0.2) is 36.5 Å². The summed E-state index contributed by atoms with van der Waals surface area (Å²) in [6, 6.07) is 9.57. The number of rotatable bonds is 3. The zero-order chi connectivity index (χ0) is 20.8. The smallest absolute Gasteiger partial charge is 0.156 e. The van der Waals surface area contributed by atoms with E-state index < -0.39 is 0 Å². The first kappa shape index (κ1) is 21.7. The van der Waals surface area contributed by atoms with Crippen molar-refractivity contribution in [1.82, 2.24) is 24.5 Å².